The van der Waals surface area contributed by atoms with Crippen molar-refractivity contribution in [3.63, 3.8) is 0 Å². The number of hydrogen-bond acceptors (Lipinski definition) is 5. The van der Waals surface area contributed by atoms with Crippen molar-refractivity contribution >= 4 is 15.8 Å². The van der Waals surface area contributed by atoms with Gasteiger partial charge in [-0.2, -0.15) is 5.10 Å². The number of primary sulfonamides is 1. The smallest absolute Gasteiger partial charge is 0.241 e. The van der Waals surface area contributed by atoms with Crippen molar-refractivity contribution in [2.75, 3.05) is 13.2 Å². The fraction of sp³-hybridized carbons (Fsp3) is 0.375. The molecular formula is C8H11N3O4S. The highest BCUT2D eigenvalue weighted by Crippen LogP contribution is 2.24. The van der Waals surface area contributed by atoms with Crippen molar-refractivity contribution in [2.45, 2.75) is 4.90 Å². The SMILES string of the molecule is Cn1ncc(S(N)(=O)=O)c1C1=COCCO1. The average Bonchev–Trinajstić information content (AvgIpc) is 2.61. The van der Waals surface area contributed by atoms with Crippen molar-refractivity contribution in [1.29, 1.82) is 0 Å². The van der Waals surface area contributed by atoms with Crippen LogP contribution in [-0.4, -0.2) is 31.4 Å². The van der Waals surface area contributed by atoms with Crippen molar-refractivity contribution in [1.82, 2.24) is 9.78 Å². The van der Waals surface area contributed by atoms with E-state index in [1.54, 1.807) is 7.05 Å². The van der Waals surface area contributed by atoms with E-state index in [-0.39, 0.29) is 4.90 Å². The van der Waals surface area contributed by atoms with Gasteiger partial charge < -0.3 is 9.47 Å². The van der Waals surface area contributed by atoms with Crippen LogP contribution in [0, 0.1) is 0 Å². The molecule has 0 aromatic carbocycles. The van der Waals surface area contributed by atoms with E-state index >= 15 is 0 Å². The first-order chi connectivity index (χ1) is 7.50. The second-order valence-corrected chi connectivity index (χ2v) is 4.76. The Balaban J connectivity index is 2.55. The Morgan fingerprint density at radius 1 is 1.50 bits per heavy atom. The molecule has 0 unspecified atom stereocenters. The van der Waals surface area contributed by atoms with Crippen LogP contribution < -0.4 is 5.14 Å². The molecule has 2 heterocycles. The first kappa shape index (κ1) is 11.0. The predicted molar refractivity (Wildman–Crippen MR) is 54.5 cm³/mol. The maximum Gasteiger partial charge on any atom is 0.241 e. The molecule has 0 atom stereocenters. The number of rotatable bonds is 2. The fourth-order valence-corrected chi connectivity index (χ4v) is 2.10. The summed E-state index contributed by atoms with van der Waals surface area (Å²) in [6, 6.07) is 0. The van der Waals surface area contributed by atoms with Crippen LogP contribution in [0.5, 0.6) is 0 Å². The first-order valence-corrected chi connectivity index (χ1v) is 6.04. The molecule has 1 aliphatic rings. The van der Waals surface area contributed by atoms with Gasteiger partial charge in [0.25, 0.3) is 0 Å². The molecule has 0 amide bonds. The van der Waals surface area contributed by atoms with Crippen LogP contribution >= 0.6 is 0 Å². The van der Waals surface area contributed by atoms with Gasteiger partial charge in [-0.3, -0.25) is 4.68 Å². The van der Waals surface area contributed by atoms with Gasteiger partial charge in [-0.05, 0) is 0 Å². The Kier molecular flexibility index (Phi) is 2.60. The topological polar surface area (TPSA) is 96.4 Å². The number of sulfonamides is 1. The van der Waals surface area contributed by atoms with Crippen LogP contribution in [0.3, 0.4) is 0 Å². The van der Waals surface area contributed by atoms with E-state index in [9.17, 15) is 8.42 Å². The van der Waals surface area contributed by atoms with Gasteiger partial charge >= 0.3 is 0 Å². The largest absolute Gasteiger partial charge is 0.494 e. The summed E-state index contributed by atoms with van der Waals surface area (Å²) in [5.41, 5.74) is 0.294. The highest BCUT2D eigenvalue weighted by Gasteiger charge is 2.24. The maximum absolute atomic E-state index is 11.3. The number of nitrogens with zero attached hydrogens (tertiary/aromatic N) is 2. The summed E-state index contributed by atoms with van der Waals surface area (Å²) in [5, 5.41) is 8.91. The monoisotopic (exact) mass is 245 g/mol. The van der Waals surface area contributed by atoms with E-state index in [0.717, 1.165) is 0 Å². The van der Waals surface area contributed by atoms with Crippen molar-refractivity contribution < 1.29 is 17.9 Å². The van der Waals surface area contributed by atoms with E-state index in [2.05, 4.69) is 5.10 Å². The fourth-order valence-electron chi connectivity index (χ4n) is 1.40. The molecule has 1 aromatic heterocycles. The maximum atomic E-state index is 11.3. The van der Waals surface area contributed by atoms with Crippen LogP contribution in [0.2, 0.25) is 0 Å². The third-order valence-electron chi connectivity index (χ3n) is 2.09. The molecule has 8 heteroatoms. The summed E-state index contributed by atoms with van der Waals surface area (Å²) >= 11 is 0. The Morgan fingerprint density at radius 3 is 2.81 bits per heavy atom. The Hall–Kier alpha value is -1.54. The number of nitrogens with two attached hydrogens (primary N) is 1. The van der Waals surface area contributed by atoms with Crippen LogP contribution in [-0.2, 0) is 26.5 Å². The highest BCUT2D eigenvalue weighted by atomic mass is 32.2. The molecule has 7 nitrogen and oxygen atoms in total. The standard InChI is InChI=1S/C8H11N3O4S/c1-11-8(6-5-14-2-3-15-6)7(4-10-11)16(9,12)13/h4-5H,2-3H2,1H3,(H2,9,12,13). The third-order valence-corrected chi connectivity index (χ3v) is 3.01. The number of aryl methyl sites for hydroxylation is 1. The lowest BCUT2D eigenvalue weighted by Crippen LogP contribution is -2.16. The number of hydrogen-bond donors (Lipinski definition) is 1. The lowest BCUT2D eigenvalue weighted by Gasteiger charge is -2.16. The molecule has 0 aliphatic carbocycles. The molecular weight excluding hydrogens is 234 g/mol. The molecule has 0 radical (unpaired) electrons. The highest BCUT2D eigenvalue weighted by molar-refractivity contribution is 7.89. The minimum absolute atomic E-state index is 0.0771. The van der Waals surface area contributed by atoms with Gasteiger partial charge in [0.1, 0.15) is 30.1 Å². The summed E-state index contributed by atoms with van der Waals surface area (Å²) in [6.45, 7) is 0.799. The molecule has 0 saturated carbocycles. The molecule has 2 rings (SSSR count). The Bertz CT molecular complexity index is 531. The lowest BCUT2D eigenvalue weighted by atomic mass is 10.3. The van der Waals surface area contributed by atoms with Gasteiger partial charge in [0.05, 0.1) is 6.20 Å². The van der Waals surface area contributed by atoms with Gasteiger partial charge in [0.2, 0.25) is 10.0 Å². The Labute approximate surface area is 92.5 Å². The summed E-state index contributed by atoms with van der Waals surface area (Å²) in [4.78, 5) is -0.0771. The summed E-state index contributed by atoms with van der Waals surface area (Å²) < 4.78 is 34.4. The first-order valence-electron chi connectivity index (χ1n) is 4.50. The lowest BCUT2D eigenvalue weighted by molar-refractivity contribution is 0.124. The third kappa shape index (κ3) is 1.89. The summed E-state index contributed by atoms with van der Waals surface area (Å²) in [5.74, 6) is 0.315. The second kappa shape index (κ2) is 3.80. The van der Waals surface area contributed by atoms with Gasteiger partial charge in [-0.25, -0.2) is 13.6 Å². The molecule has 0 spiro atoms. The van der Waals surface area contributed by atoms with E-state index < -0.39 is 10.0 Å². The minimum Gasteiger partial charge on any atom is -0.494 e. The second-order valence-electron chi connectivity index (χ2n) is 3.23. The molecule has 0 bridgehead atoms. The van der Waals surface area contributed by atoms with Crippen LogP contribution in [0.1, 0.15) is 5.69 Å². The van der Waals surface area contributed by atoms with E-state index in [1.807, 2.05) is 0 Å². The molecule has 16 heavy (non-hydrogen) atoms. The van der Waals surface area contributed by atoms with E-state index in [0.29, 0.717) is 24.7 Å². The van der Waals surface area contributed by atoms with Gasteiger partial charge in [-0.1, -0.05) is 0 Å². The van der Waals surface area contributed by atoms with Gasteiger partial charge in [0.15, 0.2) is 5.76 Å². The summed E-state index contributed by atoms with van der Waals surface area (Å²) in [7, 11) is -2.22. The van der Waals surface area contributed by atoms with Gasteiger partial charge in [0, 0.05) is 7.05 Å². The van der Waals surface area contributed by atoms with Crippen LogP contribution in [0.4, 0.5) is 0 Å². The van der Waals surface area contributed by atoms with Crippen molar-refractivity contribution in [3.05, 3.63) is 18.2 Å². The van der Waals surface area contributed by atoms with Gasteiger partial charge in [-0.15, -0.1) is 0 Å². The van der Waals surface area contributed by atoms with E-state index in [1.165, 1.54) is 17.1 Å². The van der Waals surface area contributed by atoms with Crippen LogP contribution in [0.25, 0.3) is 5.76 Å². The van der Waals surface area contributed by atoms with Crippen molar-refractivity contribution in [2.24, 2.45) is 12.2 Å². The zero-order chi connectivity index (χ0) is 11.8. The Morgan fingerprint density at radius 2 is 2.25 bits per heavy atom. The normalized spacial score (nSPS) is 16.2. The molecule has 0 saturated heterocycles. The summed E-state index contributed by atoms with van der Waals surface area (Å²) in [6.07, 6.45) is 2.54. The minimum atomic E-state index is -3.82. The van der Waals surface area contributed by atoms with E-state index in [4.69, 9.17) is 14.6 Å². The molecule has 1 aliphatic heterocycles. The van der Waals surface area contributed by atoms with Crippen LogP contribution in [0.15, 0.2) is 17.4 Å². The molecule has 88 valence electrons. The number of aromatic nitrogens is 2. The molecule has 1 aromatic rings. The molecule has 2 N–H and O–H groups in total. The molecule has 0 fully saturated rings. The zero-order valence-electron chi connectivity index (χ0n) is 8.58. The zero-order valence-corrected chi connectivity index (χ0v) is 9.40. The predicted octanol–water partition coefficient (Wildman–Crippen LogP) is -0.587. The quantitative estimate of drug-likeness (QED) is 0.751. The van der Waals surface area contributed by atoms with Crippen molar-refractivity contribution in [3.8, 4) is 0 Å². The number of ether oxygens (including phenoxy) is 2. The average molecular weight is 245 g/mol.